The third-order valence-electron chi connectivity index (χ3n) is 4.71. The molecule has 128 valence electrons. The summed E-state index contributed by atoms with van der Waals surface area (Å²) in [4.78, 5) is 6.83. The van der Waals surface area contributed by atoms with Crippen LogP contribution in [0.15, 0.2) is 35.3 Å². The molecule has 0 aromatic heterocycles. The van der Waals surface area contributed by atoms with Crippen LogP contribution in [0.3, 0.4) is 0 Å². The van der Waals surface area contributed by atoms with Crippen molar-refractivity contribution >= 4 is 5.96 Å². The van der Waals surface area contributed by atoms with Crippen LogP contribution in [0.2, 0.25) is 0 Å². The van der Waals surface area contributed by atoms with Crippen LogP contribution in [0.1, 0.15) is 31.7 Å². The van der Waals surface area contributed by atoms with Gasteiger partial charge in [0.2, 0.25) is 0 Å². The first kappa shape index (κ1) is 17.8. The molecule has 2 unspecified atom stereocenters. The van der Waals surface area contributed by atoms with Gasteiger partial charge in [-0.3, -0.25) is 4.99 Å². The van der Waals surface area contributed by atoms with Crippen molar-refractivity contribution in [2.45, 2.75) is 26.2 Å². The molecule has 1 aliphatic rings. The van der Waals surface area contributed by atoms with Crippen molar-refractivity contribution in [2.24, 2.45) is 16.8 Å². The molecule has 0 bridgehead atoms. The maximum Gasteiger partial charge on any atom is 0.193 e. The number of hydrogen-bond acceptors (Lipinski definition) is 2. The fraction of sp³-hybridized carbons (Fsp3) is 0.632. The molecule has 23 heavy (non-hydrogen) atoms. The molecule has 0 amide bonds. The van der Waals surface area contributed by atoms with Gasteiger partial charge in [-0.1, -0.05) is 44.2 Å². The van der Waals surface area contributed by atoms with Crippen molar-refractivity contribution in [3.8, 4) is 0 Å². The van der Waals surface area contributed by atoms with E-state index < -0.39 is 0 Å². The highest BCUT2D eigenvalue weighted by atomic mass is 16.5. The maximum absolute atomic E-state index is 5.29. The summed E-state index contributed by atoms with van der Waals surface area (Å²) in [7, 11) is 3.65. The van der Waals surface area contributed by atoms with E-state index in [-0.39, 0.29) is 0 Å². The summed E-state index contributed by atoms with van der Waals surface area (Å²) < 4.78 is 5.29. The van der Waals surface area contributed by atoms with Gasteiger partial charge in [0.15, 0.2) is 5.96 Å². The fourth-order valence-electron chi connectivity index (χ4n) is 3.37. The van der Waals surface area contributed by atoms with Gasteiger partial charge in [0, 0.05) is 45.6 Å². The molecule has 1 aromatic carbocycles. The van der Waals surface area contributed by atoms with Crippen molar-refractivity contribution in [1.29, 1.82) is 0 Å². The molecule has 2 atom stereocenters. The van der Waals surface area contributed by atoms with E-state index in [1.807, 2.05) is 7.05 Å². The van der Waals surface area contributed by atoms with E-state index in [4.69, 9.17) is 4.74 Å². The molecule has 1 heterocycles. The summed E-state index contributed by atoms with van der Waals surface area (Å²) in [5.41, 5.74) is 1.39. The van der Waals surface area contributed by atoms with Gasteiger partial charge in [-0.25, -0.2) is 0 Å². The molecule has 4 heteroatoms. The number of hydrogen-bond donors (Lipinski definition) is 1. The van der Waals surface area contributed by atoms with Gasteiger partial charge < -0.3 is 15.0 Å². The Kier molecular flexibility index (Phi) is 6.90. The van der Waals surface area contributed by atoms with Crippen molar-refractivity contribution in [3.63, 3.8) is 0 Å². The first-order chi connectivity index (χ1) is 11.2. The number of nitrogens with one attached hydrogen (secondary N) is 1. The Morgan fingerprint density at radius 1 is 1.35 bits per heavy atom. The lowest BCUT2D eigenvalue weighted by Crippen LogP contribution is -2.42. The second-order valence-corrected chi connectivity index (χ2v) is 6.75. The third kappa shape index (κ3) is 4.96. The Balaban J connectivity index is 1.94. The lowest BCUT2D eigenvalue weighted by Gasteiger charge is -2.26. The van der Waals surface area contributed by atoms with Crippen molar-refractivity contribution in [3.05, 3.63) is 35.9 Å². The predicted molar refractivity (Wildman–Crippen MR) is 96.9 cm³/mol. The summed E-state index contributed by atoms with van der Waals surface area (Å²) in [5, 5.41) is 3.59. The smallest absolute Gasteiger partial charge is 0.193 e. The molecule has 1 fully saturated rings. The highest BCUT2D eigenvalue weighted by Crippen LogP contribution is 2.23. The molecular formula is C19H31N3O. The standard InChI is InChI=1S/C19H31N3O/c1-15(2)18(17-8-6-5-7-9-17)12-21-19(20-3)22-11-10-16(13-22)14-23-4/h5-9,15-16,18H,10-14H2,1-4H3,(H,20,21). The number of methoxy groups -OCH3 is 1. The molecule has 1 aromatic rings. The van der Waals surface area contributed by atoms with E-state index in [1.165, 1.54) is 12.0 Å². The summed E-state index contributed by atoms with van der Waals surface area (Å²) in [6.07, 6.45) is 1.18. The minimum atomic E-state index is 0.491. The monoisotopic (exact) mass is 317 g/mol. The van der Waals surface area contributed by atoms with E-state index in [0.717, 1.165) is 32.2 Å². The van der Waals surface area contributed by atoms with E-state index in [9.17, 15) is 0 Å². The Morgan fingerprint density at radius 2 is 2.09 bits per heavy atom. The second-order valence-electron chi connectivity index (χ2n) is 6.75. The van der Waals surface area contributed by atoms with Crippen molar-refractivity contribution in [1.82, 2.24) is 10.2 Å². The molecule has 0 saturated carbocycles. The SMILES string of the molecule is CN=C(NCC(c1ccccc1)C(C)C)N1CCC(COC)C1. The van der Waals surface area contributed by atoms with E-state index in [1.54, 1.807) is 7.11 Å². The van der Waals surface area contributed by atoms with Gasteiger partial charge in [-0.15, -0.1) is 0 Å². The summed E-state index contributed by atoms with van der Waals surface area (Å²) in [6, 6.07) is 10.8. The number of benzene rings is 1. The topological polar surface area (TPSA) is 36.9 Å². The Bertz CT molecular complexity index is 487. The molecule has 0 spiro atoms. The summed E-state index contributed by atoms with van der Waals surface area (Å²) in [6.45, 7) is 8.42. The van der Waals surface area contributed by atoms with Gasteiger partial charge in [-0.2, -0.15) is 0 Å². The zero-order chi connectivity index (χ0) is 16.7. The summed E-state index contributed by atoms with van der Waals surface area (Å²) in [5.74, 6) is 2.71. The zero-order valence-electron chi connectivity index (χ0n) is 15.0. The molecule has 4 nitrogen and oxygen atoms in total. The normalized spacial score (nSPS) is 20.1. The van der Waals surface area contributed by atoms with Crippen LogP contribution < -0.4 is 5.32 Å². The average molecular weight is 317 g/mol. The van der Waals surface area contributed by atoms with Crippen LogP contribution in [0, 0.1) is 11.8 Å². The summed E-state index contributed by atoms with van der Waals surface area (Å²) >= 11 is 0. The van der Waals surface area contributed by atoms with Crippen LogP contribution in [-0.2, 0) is 4.74 Å². The maximum atomic E-state index is 5.29. The fourth-order valence-corrected chi connectivity index (χ4v) is 3.37. The van der Waals surface area contributed by atoms with Gasteiger partial charge in [0.05, 0.1) is 6.61 Å². The minimum absolute atomic E-state index is 0.491. The Labute approximate surface area is 140 Å². The van der Waals surface area contributed by atoms with Crippen LogP contribution in [0.5, 0.6) is 0 Å². The number of aliphatic imine (C=N–C) groups is 1. The number of ether oxygens (including phenoxy) is 1. The van der Waals surface area contributed by atoms with Crippen LogP contribution in [0.25, 0.3) is 0 Å². The largest absolute Gasteiger partial charge is 0.384 e. The quantitative estimate of drug-likeness (QED) is 0.647. The van der Waals surface area contributed by atoms with E-state index >= 15 is 0 Å². The molecule has 0 aliphatic carbocycles. The lowest BCUT2D eigenvalue weighted by molar-refractivity contribution is 0.157. The lowest BCUT2D eigenvalue weighted by atomic mass is 9.88. The first-order valence-electron chi connectivity index (χ1n) is 8.65. The highest BCUT2D eigenvalue weighted by Gasteiger charge is 2.25. The van der Waals surface area contributed by atoms with Gasteiger partial charge in [0.1, 0.15) is 0 Å². The third-order valence-corrected chi connectivity index (χ3v) is 4.71. The molecular weight excluding hydrogens is 286 g/mol. The van der Waals surface area contributed by atoms with Gasteiger partial charge in [-0.05, 0) is 17.9 Å². The van der Waals surface area contributed by atoms with E-state index in [0.29, 0.717) is 17.8 Å². The number of guanidine groups is 1. The number of likely N-dealkylation sites (tertiary alicyclic amines) is 1. The Hall–Kier alpha value is -1.55. The molecule has 1 saturated heterocycles. The molecule has 1 N–H and O–H groups in total. The highest BCUT2D eigenvalue weighted by molar-refractivity contribution is 5.80. The zero-order valence-corrected chi connectivity index (χ0v) is 15.0. The minimum Gasteiger partial charge on any atom is -0.384 e. The average Bonchev–Trinajstić information content (AvgIpc) is 3.01. The van der Waals surface area contributed by atoms with Crippen LogP contribution in [-0.4, -0.2) is 51.3 Å². The molecule has 1 aliphatic heterocycles. The molecule has 2 rings (SSSR count). The van der Waals surface area contributed by atoms with Gasteiger partial charge in [0.25, 0.3) is 0 Å². The number of nitrogens with zero attached hydrogens (tertiary/aromatic N) is 2. The number of rotatable bonds is 6. The van der Waals surface area contributed by atoms with Crippen molar-refractivity contribution in [2.75, 3.05) is 40.4 Å². The molecule has 0 radical (unpaired) electrons. The second kappa shape index (κ2) is 8.92. The van der Waals surface area contributed by atoms with Crippen molar-refractivity contribution < 1.29 is 4.74 Å². The predicted octanol–water partition coefficient (Wildman–Crippen LogP) is 2.97. The van der Waals surface area contributed by atoms with E-state index in [2.05, 4.69) is 59.4 Å². The van der Waals surface area contributed by atoms with Gasteiger partial charge >= 0.3 is 0 Å². The van der Waals surface area contributed by atoms with Crippen LogP contribution >= 0.6 is 0 Å². The van der Waals surface area contributed by atoms with Crippen LogP contribution in [0.4, 0.5) is 0 Å². The first-order valence-corrected chi connectivity index (χ1v) is 8.65. The Morgan fingerprint density at radius 3 is 2.70 bits per heavy atom.